The highest BCUT2D eigenvalue weighted by Gasteiger charge is 2.20. The SMILES string of the molecule is CN1CCN(C[C@H](O)c2ncc(N)cc2N)CC1.Cl. The van der Waals surface area contributed by atoms with Crippen molar-refractivity contribution in [1.82, 2.24) is 14.8 Å². The second kappa shape index (κ2) is 6.91. The van der Waals surface area contributed by atoms with E-state index in [0.717, 1.165) is 26.2 Å². The summed E-state index contributed by atoms with van der Waals surface area (Å²) in [5.41, 5.74) is 12.9. The molecule has 19 heavy (non-hydrogen) atoms. The van der Waals surface area contributed by atoms with Gasteiger partial charge in [-0.15, -0.1) is 12.4 Å². The molecule has 1 aromatic heterocycles. The van der Waals surface area contributed by atoms with Crippen LogP contribution in [0.1, 0.15) is 11.8 Å². The summed E-state index contributed by atoms with van der Waals surface area (Å²) in [5, 5.41) is 10.2. The summed E-state index contributed by atoms with van der Waals surface area (Å²) in [6.07, 6.45) is 0.868. The molecule has 0 unspecified atom stereocenters. The number of likely N-dealkylation sites (N-methyl/N-ethyl adjacent to an activating group) is 1. The monoisotopic (exact) mass is 287 g/mol. The number of aliphatic hydroxyl groups is 1. The minimum atomic E-state index is -0.658. The van der Waals surface area contributed by atoms with Crippen molar-refractivity contribution >= 4 is 23.8 Å². The third-order valence-electron chi connectivity index (χ3n) is 3.31. The smallest absolute Gasteiger partial charge is 0.111 e. The minimum absolute atomic E-state index is 0. The van der Waals surface area contributed by atoms with Crippen LogP contribution >= 0.6 is 12.4 Å². The van der Waals surface area contributed by atoms with E-state index in [2.05, 4.69) is 21.8 Å². The Kier molecular flexibility index (Phi) is 5.81. The number of rotatable bonds is 3. The molecule has 1 atom stereocenters. The van der Waals surface area contributed by atoms with Gasteiger partial charge in [-0.25, -0.2) is 0 Å². The number of anilines is 2. The van der Waals surface area contributed by atoms with Gasteiger partial charge in [0.25, 0.3) is 0 Å². The van der Waals surface area contributed by atoms with Crippen molar-refractivity contribution in [3.8, 4) is 0 Å². The maximum absolute atomic E-state index is 10.2. The summed E-state index contributed by atoms with van der Waals surface area (Å²) in [5.74, 6) is 0. The summed E-state index contributed by atoms with van der Waals surface area (Å²) in [7, 11) is 2.10. The molecule has 1 aromatic rings. The van der Waals surface area contributed by atoms with Crippen LogP contribution in [0.5, 0.6) is 0 Å². The van der Waals surface area contributed by atoms with Gasteiger partial charge in [-0.1, -0.05) is 0 Å². The first-order valence-electron chi connectivity index (χ1n) is 6.16. The van der Waals surface area contributed by atoms with E-state index in [-0.39, 0.29) is 12.4 Å². The van der Waals surface area contributed by atoms with Crippen molar-refractivity contribution in [3.63, 3.8) is 0 Å². The van der Waals surface area contributed by atoms with Crippen molar-refractivity contribution in [3.05, 3.63) is 18.0 Å². The average molecular weight is 288 g/mol. The highest BCUT2D eigenvalue weighted by molar-refractivity contribution is 5.85. The van der Waals surface area contributed by atoms with E-state index in [1.54, 1.807) is 6.07 Å². The number of aromatic nitrogens is 1. The van der Waals surface area contributed by atoms with Gasteiger partial charge in [0.1, 0.15) is 6.10 Å². The predicted molar refractivity (Wildman–Crippen MR) is 79.2 cm³/mol. The van der Waals surface area contributed by atoms with E-state index >= 15 is 0 Å². The Morgan fingerprint density at radius 1 is 1.32 bits per heavy atom. The number of aliphatic hydroxyl groups excluding tert-OH is 1. The van der Waals surface area contributed by atoms with Gasteiger partial charge in [0.05, 0.1) is 23.3 Å². The maximum atomic E-state index is 10.2. The first-order valence-corrected chi connectivity index (χ1v) is 6.16. The van der Waals surface area contributed by atoms with Crippen molar-refractivity contribution in [2.24, 2.45) is 0 Å². The second-order valence-corrected chi connectivity index (χ2v) is 4.86. The quantitative estimate of drug-likeness (QED) is 0.722. The van der Waals surface area contributed by atoms with E-state index in [1.807, 2.05) is 0 Å². The largest absolute Gasteiger partial charge is 0.397 e. The molecule has 1 saturated heterocycles. The van der Waals surface area contributed by atoms with Gasteiger partial charge in [0, 0.05) is 32.7 Å². The fourth-order valence-electron chi connectivity index (χ4n) is 2.15. The number of β-amino-alcohol motifs (C(OH)–C–C–N with tert-alkyl or cyclic N) is 1. The Morgan fingerprint density at radius 2 is 1.95 bits per heavy atom. The zero-order chi connectivity index (χ0) is 13.1. The van der Waals surface area contributed by atoms with Gasteiger partial charge in [-0.05, 0) is 13.1 Å². The van der Waals surface area contributed by atoms with Gasteiger partial charge in [-0.2, -0.15) is 0 Å². The fraction of sp³-hybridized carbons (Fsp3) is 0.583. The van der Waals surface area contributed by atoms with Crippen LogP contribution < -0.4 is 11.5 Å². The van der Waals surface area contributed by atoms with Crippen molar-refractivity contribution < 1.29 is 5.11 Å². The van der Waals surface area contributed by atoms with Gasteiger partial charge >= 0.3 is 0 Å². The van der Waals surface area contributed by atoms with E-state index in [9.17, 15) is 5.11 Å². The van der Waals surface area contributed by atoms with Gasteiger partial charge < -0.3 is 21.5 Å². The molecule has 1 fully saturated rings. The topological polar surface area (TPSA) is 91.6 Å². The molecule has 1 aliphatic rings. The van der Waals surface area contributed by atoms with E-state index in [4.69, 9.17) is 11.5 Å². The molecule has 0 spiro atoms. The number of piperazine rings is 1. The molecule has 0 bridgehead atoms. The van der Waals surface area contributed by atoms with Crippen LogP contribution in [0, 0.1) is 0 Å². The van der Waals surface area contributed by atoms with E-state index in [0.29, 0.717) is 23.6 Å². The van der Waals surface area contributed by atoms with Crippen molar-refractivity contribution in [2.45, 2.75) is 6.10 Å². The number of hydrogen-bond acceptors (Lipinski definition) is 6. The molecule has 2 heterocycles. The molecule has 0 saturated carbocycles. The Morgan fingerprint density at radius 3 is 2.53 bits per heavy atom. The van der Waals surface area contributed by atoms with E-state index < -0.39 is 6.10 Å². The van der Waals surface area contributed by atoms with Crippen LogP contribution in [-0.4, -0.2) is 59.7 Å². The van der Waals surface area contributed by atoms with Gasteiger partial charge in [0.2, 0.25) is 0 Å². The van der Waals surface area contributed by atoms with Crippen LogP contribution in [-0.2, 0) is 0 Å². The number of nitrogens with two attached hydrogens (primary N) is 2. The van der Waals surface area contributed by atoms with Crippen LogP contribution in [0.15, 0.2) is 12.3 Å². The second-order valence-electron chi connectivity index (χ2n) is 4.86. The van der Waals surface area contributed by atoms with Gasteiger partial charge in [-0.3, -0.25) is 9.88 Å². The predicted octanol–water partition coefficient (Wildman–Crippen LogP) is -0.0514. The highest BCUT2D eigenvalue weighted by atomic mass is 35.5. The number of halogens is 1. The Labute approximate surface area is 119 Å². The molecule has 6 nitrogen and oxygen atoms in total. The molecule has 0 aromatic carbocycles. The minimum Gasteiger partial charge on any atom is -0.397 e. The average Bonchev–Trinajstić information content (AvgIpc) is 2.32. The van der Waals surface area contributed by atoms with Gasteiger partial charge in [0.15, 0.2) is 0 Å². The standard InChI is InChI=1S/C12H21N5O.ClH/c1-16-2-4-17(5-3-16)8-11(18)12-10(14)6-9(13)7-15-12;/h6-7,11,18H,2-5,8,13-14H2,1H3;1H/t11-;/m0./s1. The summed E-state index contributed by atoms with van der Waals surface area (Å²) >= 11 is 0. The lowest BCUT2D eigenvalue weighted by atomic mass is 10.1. The molecule has 1 aliphatic heterocycles. The van der Waals surface area contributed by atoms with Crippen LogP contribution in [0.4, 0.5) is 11.4 Å². The molecule has 0 radical (unpaired) electrons. The Balaban J connectivity index is 0.00000180. The lowest BCUT2D eigenvalue weighted by Crippen LogP contribution is -2.45. The van der Waals surface area contributed by atoms with Crippen LogP contribution in [0.3, 0.4) is 0 Å². The fourth-order valence-corrected chi connectivity index (χ4v) is 2.15. The molecule has 5 N–H and O–H groups in total. The molecule has 108 valence electrons. The Bertz CT molecular complexity index is 409. The zero-order valence-electron chi connectivity index (χ0n) is 11.1. The number of nitrogen functional groups attached to an aromatic ring is 2. The third-order valence-corrected chi connectivity index (χ3v) is 3.31. The summed E-state index contributed by atoms with van der Waals surface area (Å²) in [6.45, 7) is 4.54. The van der Waals surface area contributed by atoms with Crippen LogP contribution in [0.2, 0.25) is 0 Å². The third kappa shape index (κ3) is 4.21. The number of hydrogen-bond donors (Lipinski definition) is 3. The summed E-state index contributed by atoms with van der Waals surface area (Å²) < 4.78 is 0. The Hall–Kier alpha value is -1.08. The highest BCUT2D eigenvalue weighted by Crippen LogP contribution is 2.21. The lowest BCUT2D eigenvalue weighted by Gasteiger charge is -2.33. The van der Waals surface area contributed by atoms with Crippen LogP contribution in [0.25, 0.3) is 0 Å². The van der Waals surface area contributed by atoms with E-state index in [1.165, 1.54) is 6.20 Å². The zero-order valence-corrected chi connectivity index (χ0v) is 11.9. The van der Waals surface area contributed by atoms with Crippen molar-refractivity contribution in [2.75, 3.05) is 51.2 Å². The number of pyridine rings is 1. The summed E-state index contributed by atoms with van der Waals surface area (Å²) in [4.78, 5) is 8.62. The molecule has 7 heteroatoms. The number of nitrogens with zero attached hydrogens (tertiary/aromatic N) is 3. The first kappa shape index (κ1) is 16.0. The molecule has 0 aliphatic carbocycles. The summed E-state index contributed by atoms with van der Waals surface area (Å²) in [6, 6.07) is 1.63. The lowest BCUT2D eigenvalue weighted by molar-refractivity contribution is 0.0787. The maximum Gasteiger partial charge on any atom is 0.111 e. The van der Waals surface area contributed by atoms with Crippen molar-refractivity contribution in [1.29, 1.82) is 0 Å². The molecule has 0 amide bonds. The molecule has 2 rings (SSSR count). The molecular formula is C12H22ClN5O. The molecular weight excluding hydrogens is 266 g/mol. The first-order chi connectivity index (χ1) is 8.56. The normalized spacial score (nSPS) is 18.8.